The molecule has 0 aliphatic rings. The molecule has 0 saturated heterocycles. The van der Waals surface area contributed by atoms with Crippen molar-refractivity contribution in [2.24, 2.45) is 0 Å². The summed E-state index contributed by atoms with van der Waals surface area (Å²) < 4.78 is 23.4. The Morgan fingerprint density at radius 2 is 1.17 bits per heavy atom. The van der Waals surface area contributed by atoms with E-state index in [-0.39, 0.29) is 0 Å². The van der Waals surface area contributed by atoms with Crippen molar-refractivity contribution in [3.63, 3.8) is 0 Å². The molecule has 5 aromatic carbocycles. The van der Waals surface area contributed by atoms with E-state index in [1.165, 1.54) is 0 Å². The quantitative estimate of drug-likeness (QED) is 0.219. The number of ether oxygens (including phenoxy) is 4. The Kier molecular flexibility index (Phi) is 7.04. The lowest BCUT2D eigenvalue weighted by Gasteiger charge is -2.16. The zero-order chi connectivity index (χ0) is 24.7. The van der Waals surface area contributed by atoms with E-state index < -0.39 is 0 Å². The third kappa shape index (κ3) is 5.28. The summed E-state index contributed by atoms with van der Waals surface area (Å²) in [5, 5.41) is 2.15. The van der Waals surface area contributed by atoms with E-state index in [4.69, 9.17) is 18.9 Å². The maximum absolute atomic E-state index is 6.37. The maximum Gasteiger partial charge on any atom is 0.161 e. The van der Waals surface area contributed by atoms with Crippen LogP contribution in [-0.2, 0) is 13.2 Å². The number of rotatable bonds is 9. The number of fused-ring (bicyclic) bond motifs is 1. The zero-order valence-electron chi connectivity index (χ0n) is 20.4. The molecule has 5 aromatic rings. The fourth-order valence-electron chi connectivity index (χ4n) is 4.17. The molecular formula is C32H28O4. The predicted octanol–water partition coefficient (Wildman–Crippen LogP) is 7.68. The Labute approximate surface area is 211 Å². The van der Waals surface area contributed by atoms with E-state index in [2.05, 4.69) is 48.5 Å². The maximum atomic E-state index is 6.37. The molecule has 0 amide bonds. The molecule has 0 N–H and O–H groups in total. The molecular weight excluding hydrogens is 448 g/mol. The summed E-state index contributed by atoms with van der Waals surface area (Å²) in [4.78, 5) is 0. The third-order valence-corrected chi connectivity index (χ3v) is 6.09. The summed E-state index contributed by atoms with van der Waals surface area (Å²) in [5.74, 6) is 2.97. The topological polar surface area (TPSA) is 36.9 Å². The standard InChI is InChI=1S/C32H28O4/c1-33-30-16-14-26(19-32(30)34-2)29-18-25-13-15-28(35-21-23-9-5-3-6-10-23)17-27(25)20-31(29)36-22-24-11-7-4-8-12-24/h3-20H,21-22H2,1-2H3. The molecule has 0 unspecified atom stereocenters. The molecule has 0 bridgehead atoms. The van der Waals surface area contributed by atoms with Gasteiger partial charge >= 0.3 is 0 Å². The third-order valence-electron chi connectivity index (χ3n) is 6.09. The minimum absolute atomic E-state index is 0.469. The average molecular weight is 477 g/mol. The second-order valence-electron chi connectivity index (χ2n) is 8.48. The van der Waals surface area contributed by atoms with Gasteiger partial charge in [0.05, 0.1) is 14.2 Å². The van der Waals surface area contributed by atoms with Crippen molar-refractivity contribution in [3.05, 3.63) is 120 Å². The average Bonchev–Trinajstić information content (AvgIpc) is 2.95. The molecule has 0 aliphatic heterocycles. The molecule has 0 heterocycles. The summed E-state index contributed by atoms with van der Waals surface area (Å²) >= 11 is 0. The Morgan fingerprint density at radius 1 is 0.500 bits per heavy atom. The lowest BCUT2D eigenvalue weighted by Crippen LogP contribution is -1.98. The van der Waals surface area contributed by atoms with E-state index >= 15 is 0 Å². The monoisotopic (exact) mass is 476 g/mol. The highest BCUT2D eigenvalue weighted by Gasteiger charge is 2.13. The molecule has 0 saturated carbocycles. The van der Waals surface area contributed by atoms with Gasteiger partial charge in [0.1, 0.15) is 24.7 Å². The van der Waals surface area contributed by atoms with Crippen molar-refractivity contribution in [1.82, 2.24) is 0 Å². The van der Waals surface area contributed by atoms with E-state index in [1.54, 1.807) is 14.2 Å². The van der Waals surface area contributed by atoms with Gasteiger partial charge in [0.2, 0.25) is 0 Å². The number of methoxy groups -OCH3 is 2. The Bertz CT molecular complexity index is 1450. The molecule has 4 heteroatoms. The highest BCUT2D eigenvalue weighted by atomic mass is 16.5. The fraction of sp³-hybridized carbons (Fsp3) is 0.125. The van der Waals surface area contributed by atoms with Crippen LogP contribution in [0, 0.1) is 0 Å². The minimum Gasteiger partial charge on any atom is -0.493 e. The van der Waals surface area contributed by atoms with Gasteiger partial charge in [0.15, 0.2) is 11.5 Å². The SMILES string of the molecule is COc1ccc(-c2cc3ccc(OCc4ccccc4)cc3cc2OCc2ccccc2)cc1OC. The number of hydrogen-bond donors (Lipinski definition) is 0. The van der Waals surface area contributed by atoms with Crippen LogP contribution < -0.4 is 18.9 Å². The van der Waals surface area contributed by atoms with Crippen LogP contribution in [-0.4, -0.2) is 14.2 Å². The van der Waals surface area contributed by atoms with Crippen LogP contribution in [0.15, 0.2) is 109 Å². The van der Waals surface area contributed by atoms with Crippen molar-refractivity contribution in [1.29, 1.82) is 0 Å². The van der Waals surface area contributed by atoms with Crippen LogP contribution in [0.1, 0.15) is 11.1 Å². The lowest BCUT2D eigenvalue weighted by atomic mass is 9.99. The largest absolute Gasteiger partial charge is 0.493 e. The molecule has 5 rings (SSSR count). The molecule has 180 valence electrons. The van der Waals surface area contributed by atoms with Gasteiger partial charge in [-0.25, -0.2) is 0 Å². The fourth-order valence-corrected chi connectivity index (χ4v) is 4.17. The van der Waals surface area contributed by atoms with E-state index in [1.807, 2.05) is 60.7 Å². The van der Waals surface area contributed by atoms with Gasteiger partial charge in [-0.05, 0) is 63.9 Å². The predicted molar refractivity (Wildman–Crippen MR) is 144 cm³/mol. The van der Waals surface area contributed by atoms with Gasteiger partial charge in [0, 0.05) is 5.56 Å². The summed E-state index contributed by atoms with van der Waals surface area (Å²) in [6.07, 6.45) is 0. The number of hydrogen-bond acceptors (Lipinski definition) is 4. The first-order chi connectivity index (χ1) is 17.7. The number of benzene rings is 5. The molecule has 0 radical (unpaired) electrons. The van der Waals surface area contributed by atoms with Crippen LogP contribution in [0.3, 0.4) is 0 Å². The normalized spacial score (nSPS) is 10.7. The first-order valence-electron chi connectivity index (χ1n) is 11.9. The molecule has 0 aliphatic carbocycles. The van der Waals surface area contributed by atoms with Gasteiger partial charge in [-0.2, -0.15) is 0 Å². The zero-order valence-corrected chi connectivity index (χ0v) is 20.4. The molecule has 36 heavy (non-hydrogen) atoms. The van der Waals surface area contributed by atoms with E-state index in [0.29, 0.717) is 24.7 Å². The first-order valence-corrected chi connectivity index (χ1v) is 11.9. The van der Waals surface area contributed by atoms with Gasteiger partial charge in [0.25, 0.3) is 0 Å². The molecule has 0 spiro atoms. The Balaban J connectivity index is 1.51. The molecule has 4 nitrogen and oxygen atoms in total. The Morgan fingerprint density at radius 3 is 1.83 bits per heavy atom. The Hall–Kier alpha value is -4.44. The van der Waals surface area contributed by atoms with Crippen molar-refractivity contribution < 1.29 is 18.9 Å². The molecule has 0 fully saturated rings. The van der Waals surface area contributed by atoms with Gasteiger partial charge in [-0.15, -0.1) is 0 Å². The van der Waals surface area contributed by atoms with Crippen LogP contribution in [0.4, 0.5) is 0 Å². The van der Waals surface area contributed by atoms with Gasteiger partial charge in [-0.1, -0.05) is 72.8 Å². The van der Waals surface area contributed by atoms with Crippen LogP contribution >= 0.6 is 0 Å². The summed E-state index contributed by atoms with van der Waals surface area (Å²) in [6.45, 7) is 0.990. The summed E-state index contributed by atoms with van der Waals surface area (Å²) in [6, 6.07) is 36.6. The van der Waals surface area contributed by atoms with Crippen LogP contribution in [0.25, 0.3) is 21.9 Å². The van der Waals surface area contributed by atoms with Gasteiger partial charge < -0.3 is 18.9 Å². The van der Waals surface area contributed by atoms with E-state index in [0.717, 1.165) is 44.5 Å². The highest BCUT2D eigenvalue weighted by molar-refractivity contribution is 5.92. The van der Waals surface area contributed by atoms with Crippen molar-refractivity contribution in [2.45, 2.75) is 13.2 Å². The van der Waals surface area contributed by atoms with Crippen LogP contribution in [0.5, 0.6) is 23.0 Å². The van der Waals surface area contributed by atoms with Crippen molar-refractivity contribution in [3.8, 4) is 34.1 Å². The molecule has 0 atom stereocenters. The summed E-state index contributed by atoms with van der Waals surface area (Å²) in [7, 11) is 3.28. The second kappa shape index (κ2) is 10.9. The minimum atomic E-state index is 0.469. The molecule has 0 aromatic heterocycles. The van der Waals surface area contributed by atoms with Crippen molar-refractivity contribution in [2.75, 3.05) is 14.2 Å². The highest BCUT2D eigenvalue weighted by Crippen LogP contribution is 2.39. The first kappa shape index (κ1) is 23.3. The van der Waals surface area contributed by atoms with Crippen LogP contribution in [0.2, 0.25) is 0 Å². The van der Waals surface area contributed by atoms with Gasteiger partial charge in [-0.3, -0.25) is 0 Å². The lowest BCUT2D eigenvalue weighted by molar-refractivity contribution is 0.306. The second-order valence-corrected chi connectivity index (χ2v) is 8.48. The van der Waals surface area contributed by atoms with E-state index in [9.17, 15) is 0 Å². The summed E-state index contributed by atoms with van der Waals surface area (Å²) in [5.41, 5.74) is 4.21. The smallest absolute Gasteiger partial charge is 0.161 e. The van der Waals surface area contributed by atoms with Crippen molar-refractivity contribution >= 4 is 10.8 Å².